The molecule has 1 atom stereocenters. The van der Waals surface area contributed by atoms with Gasteiger partial charge in [0.15, 0.2) is 0 Å². The van der Waals surface area contributed by atoms with Gasteiger partial charge in [0.25, 0.3) is 0 Å². The minimum absolute atomic E-state index is 0.180. The van der Waals surface area contributed by atoms with Gasteiger partial charge in [0.05, 0.1) is 17.9 Å². The van der Waals surface area contributed by atoms with E-state index >= 15 is 0 Å². The molecule has 5 nitrogen and oxygen atoms in total. The van der Waals surface area contributed by atoms with Gasteiger partial charge in [0, 0.05) is 32.8 Å². The lowest BCUT2D eigenvalue weighted by Gasteiger charge is -2.27. The van der Waals surface area contributed by atoms with Crippen molar-refractivity contribution in [1.29, 1.82) is 0 Å². The van der Waals surface area contributed by atoms with Gasteiger partial charge in [0.2, 0.25) is 0 Å². The molecule has 0 radical (unpaired) electrons. The molecule has 0 spiro atoms. The largest absolute Gasteiger partial charge is 0.463 e. The summed E-state index contributed by atoms with van der Waals surface area (Å²) in [6.45, 7) is 3.89. The molecule has 0 aliphatic carbocycles. The predicted molar refractivity (Wildman–Crippen MR) is 129 cm³/mol. The Morgan fingerprint density at radius 1 is 1.09 bits per heavy atom. The maximum atomic E-state index is 12.8. The van der Waals surface area contributed by atoms with Crippen LogP contribution in [0.4, 0.5) is 0 Å². The van der Waals surface area contributed by atoms with Crippen LogP contribution in [-0.4, -0.2) is 17.7 Å². The van der Waals surface area contributed by atoms with Gasteiger partial charge in [-0.15, -0.1) is 0 Å². The number of allylic oxidation sites excluding steroid dienone is 2. The SMILES string of the molecule is CCOC(=O)C1=C(C)N=C(Cl)/C(=C/NOCc2ccc(Cl)cc2Cl)C1c1ccc(Cl)cc1. The molecule has 2 aromatic rings. The van der Waals surface area contributed by atoms with Gasteiger partial charge in [-0.25, -0.2) is 9.79 Å². The Morgan fingerprint density at radius 2 is 1.78 bits per heavy atom. The fourth-order valence-corrected chi connectivity index (χ4v) is 4.12. The van der Waals surface area contributed by atoms with Gasteiger partial charge in [-0.2, -0.15) is 0 Å². The molecular weight excluding hydrogens is 494 g/mol. The Hall–Kier alpha value is -2.02. The molecule has 0 aromatic heterocycles. The number of nitrogens with one attached hydrogen (secondary N) is 1. The Bertz CT molecular complexity index is 1090. The molecule has 1 heterocycles. The lowest BCUT2D eigenvalue weighted by atomic mass is 9.82. The minimum atomic E-state index is -0.522. The van der Waals surface area contributed by atoms with E-state index in [9.17, 15) is 4.79 Å². The third-order valence-corrected chi connectivity index (χ3v) is 5.87. The van der Waals surface area contributed by atoms with Crippen molar-refractivity contribution in [2.75, 3.05) is 6.61 Å². The van der Waals surface area contributed by atoms with Crippen LogP contribution in [-0.2, 0) is 21.0 Å². The van der Waals surface area contributed by atoms with Crippen LogP contribution in [0.2, 0.25) is 15.1 Å². The topological polar surface area (TPSA) is 59.9 Å². The number of carbonyl (C=O) groups is 1. The number of hydroxylamine groups is 1. The Balaban J connectivity index is 1.90. The van der Waals surface area contributed by atoms with Crippen molar-refractivity contribution in [1.82, 2.24) is 5.48 Å². The van der Waals surface area contributed by atoms with Crippen LogP contribution in [0.15, 0.2) is 70.5 Å². The molecule has 0 fully saturated rings. The second-order valence-corrected chi connectivity index (χ2v) is 8.49. The number of esters is 1. The van der Waals surface area contributed by atoms with E-state index in [2.05, 4.69) is 10.5 Å². The van der Waals surface area contributed by atoms with E-state index in [1.165, 1.54) is 0 Å². The number of hydrogen-bond donors (Lipinski definition) is 1. The quantitative estimate of drug-likeness (QED) is 0.250. The van der Waals surface area contributed by atoms with Crippen molar-refractivity contribution < 1.29 is 14.4 Å². The summed E-state index contributed by atoms with van der Waals surface area (Å²) in [5, 5.41) is 1.84. The second kappa shape index (κ2) is 11.2. The van der Waals surface area contributed by atoms with Crippen molar-refractivity contribution in [3.8, 4) is 0 Å². The highest BCUT2D eigenvalue weighted by atomic mass is 35.5. The first-order chi connectivity index (χ1) is 15.3. The molecule has 0 bridgehead atoms. The van der Waals surface area contributed by atoms with Crippen molar-refractivity contribution in [3.63, 3.8) is 0 Å². The summed E-state index contributed by atoms with van der Waals surface area (Å²) < 4.78 is 5.28. The maximum Gasteiger partial charge on any atom is 0.336 e. The van der Waals surface area contributed by atoms with Gasteiger partial charge in [-0.1, -0.05) is 64.6 Å². The fraction of sp³-hybridized carbons (Fsp3) is 0.217. The van der Waals surface area contributed by atoms with E-state index in [-0.39, 0.29) is 18.4 Å². The van der Waals surface area contributed by atoms with Crippen molar-refractivity contribution >= 4 is 57.5 Å². The van der Waals surface area contributed by atoms with Crippen molar-refractivity contribution in [2.24, 2.45) is 4.99 Å². The highest BCUT2D eigenvalue weighted by Crippen LogP contribution is 2.40. The molecule has 168 valence electrons. The number of ether oxygens (including phenoxy) is 1. The zero-order valence-electron chi connectivity index (χ0n) is 17.3. The summed E-state index contributed by atoms with van der Waals surface area (Å²) in [7, 11) is 0. The van der Waals surface area contributed by atoms with Crippen LogP contribution < -0.4 is 5.48 Å². The lowest BCUT2D eigenvalue weighted by molar-refractivity contribution is -0.138. The van der Waals surface area contributed by atoms with E-state index in [0.717, 1.165) is 11.1 Å². The van der Waals surface area contributed by atoms with Crippen molar-refractivity contribution in [2.45, 2.75) is 26.4 Å². The molecule has 1 unspecified atom stereocenters. The molecule has 3 rings (SSSR count). The Morgan fingerprint density at radius 3 is 2.44 bits per heavy atom. The van der Waals surface area contributed by atoms with E-state index in [0.29, 0.717) is 31.9 Å². The lowest BCUT2D eigenvalue weighted by Crippen LogP contribution is -2.25. The Labute approximate surface area is 206 Å². The van der Waals surface area contributed by atoms with Crippen molar-refractivity contribution in [3.05, 3.63) is 91.7 Å². The number of halogens is 4. The van der Waals surface area contributed by atoms with Gasteiger partial charge in [0.1, 0.15) is 11.8 Å². The molecule has 1 aliphatic rings. The monoisotopic (exact) mass is 512 g/mol. The van der Waals surface area contributed by atoms with Crippen LogP contribution in [0, 0.1) is 0 Å². The van der Waals surface area contributed by atoms with Gasteiger partial charge in [-0.05, 0) is 49.2 Å². The number of rotatable bonds is 7. The van der Waals surface area contributed by atoms with Crippen LogP contribution in [0.3, 0.4) is 0 Å². The molecule has 0 saturated carbocycles. The summed E-state index contributed by atoms with van der Waals surface area (Å²) in [5.41, 5.74) is 5.76. The van der Waals surface area contributed by atoms with E-state index in [4.69, 9.17) is 56.0 Å². The zero-order chi connectivity index (χ0) is 23.3. The highest BCUT2D eigenvalue weighted by Gasteiger charge is 2.34. The van der Waals surface area contributed by atoms with E-state index in [1.807, 2.05) is 12.1 Å². The number of hydrogen-bond acceptors (Lipinski definition) is 5. The van der Waals surface area contributed by atoms with Crippen LogP contribution >= 0.6 is 46.4 Å². The first-order valence-corrected chi connectivity index (χ1v) is 11.2. The normalized spacial score (nSPS) is 17.4. The minimum Gasteiger partial charge on any atom is -0.463 e. The van der Waals surface area contributed by atoms with Gasteiger partial charge in [-0.3, -0.25) is 10.3 Å². The zero-order valence-corrected chi connectivity index (χ0v) is 20.3. The van der Waals surface area contributed by atoms with E-state index in [1.54, 1.807) is 50.4 Å². The molecule has 0 amide bonds. The number of benzene rings is 2. The summed E-state index contributed by atoms with van der Waals surface area (Å²) in [5.74, 6) is -0.982. The summed E-state index contributed by atoms with van der Waals surface area (Å²) in [6, 6.07) is 12.3. The summed E-state index contributed by atoms with van der Waals surface area (Å²) in [6.07, 6.45) is 1.57. The first-order valence-electron chi connectivity index (χ1n) is 9.71. The summed E-state index contributed by atoms with van der Waals surface area (Å²) >= 11 is 24.6. The molecule has 32 heavy (non-hydrogen) atoms. The third kappa shape index (κ3) is 5.85. The second-order valence-electron chi connectivity index (χ2n) is 6.85. The fourth-order valence-electron chi connectivity index (χ4n) is 3.24. The van der Waals surface area contributed by atoms with Gasteiger partial charge >= 0.3 is 5.97 Å². The third-order valence-electron chi connectivity index (χ3n) is 4.73. The summed E-state index contributed by atoms with van der Waals surface area (Å²) in [4.78, 5) is 22.7. The number of nitrogens with zero attached hydrogens (tertiary/aromatic N) is 1. The van der Waals surface area contributed by atoms with E-state index < -0.39 is 11.9 Å². The average Bonchev–Trinajstić information content (AvgIpc) is 2.74. The number of carbonyl (C=O) groups excluding carboxylic acids is 1. The maximum absolute atomic E-state index is 12.8. The molecule has 1 N–H and O–H groups in total. The molecule has 0 saturated heterocycles. The standard InChI is InChI=1S/C23H20Cl4N2O3/c1-3-31-23(30)20-13(2)29-22(27)18(21(20)14-4-7-16(24)8-5-14)11-28-32-12-15-6-9-17(25)10-19(15)26/h4-11,21,28H,3,12H2,1-2H3/b18-11+. The number of aliphatic imine (C=N–C) groups is 1. The van der Waals surface area contributed by atoms with Crippen LogP contribution in [0.5, 0.6) is 0 Å². The molecule has 9 heteroatoms. The van der Waals surface area contributed by atoms with Crippen LogP contribution in [0.1, 0.15) is 30.9 Å². The molecule has 1 aliphatic heterocycles. The molecular formula is C23H20Cl4N2O3. The highest BCUT2D eigenvalue weighted by molar-refractivity contribution is 6.70. The smallest absolute Gasteiger partial charge is 0.336 e. The Kier molecular flexibility index (Phi) is 8.63. The first kappa shape index (κ1) is 24.6. The molecule has 2 aromatic carbocycles. The van der Waals surface area contributed by atoms with Crippen LogP contribution in [0.25, 0.3) is 0 Å². The van der Waals surface area contributed by atoms with Gasteiger partial charge < -0.3 is 4.74 Å². The average molecular weight is 514 g/mol. The predicted octanol–water partition coefficient (Wildman–Crippen LogP) is 6.82.